The maximum atomic E-state index is 9.77. The number of aromatic nitrogens is 2. The maximum Gasteiger partial charge on any atom is 0.335 e. The van der Waals surface area contributed by atoms with Gasteiger partial charge in [0.2, 0.25) is 0 Å². The molecule has 10 heteroatoms. The molecule has 1 fully saturated rings. The lowest BCUT2D eigenvalue weighted by atomic mass is 10.1. The van der Waals surface area contributed by atoms with Gasteiger partial charge in [0.05, 0.1) is 5.69 Å². The van der Waals surface area contributed by atoms with Gasteiger partial charge in [0, 0.05) is 38.1 Å². The zero-order chi connectivity index (χ0) is 23.7. The number of aliphatic carboxylic acids is 2. The molecular weight excluding hydrogens is 416 g/mol. The number of hydrogen-bond donors (Lipinski definition) is 5. The van der Waals surface area contributed by atoms with E-state index in [4.69, 9.17) is 20.4 Å². The van der Waals surface area contributed by atoms with E-state index in [-0.39, 0.29) is 0 Å². The molecule has 3 rings (SSSR count). The minimum absolute atomic E-state index is 0.646. The van der Waals surface area contributed by atoms with E-state index >= 15 is 0 Å². The quantitative estimate of drug-likeness (QED) is 0.371. The molecular formula is C22H32N4O6. The molecule has 0 aliphatic carbocycles. The Morgan fingerprint density at radius 2 is 1.81 bits per heavy atom. The summed E-state index contributed by atoms with van der Waals surface area (Å²) in [5.41, 5.74) is 2.53. The number of nitrogens with one attached hydrogen (secondary N) is 1. The SMILES string of the molecule is CC(C)CN(Cc1ccccc1-n1cccn1)[C@H]1CCNC1.O=C(O)[C@H](O)[C@@H](O)C(=O)O. The number of hydrogen-bond acceptors (Lipinski definition) is 7. The maximum absolute atomic E-state index is 9.77. The number of aliphatic hydroxyl groups is 2. The lowest BCUT2D eigenvalue weighted by Gasteiger charge is -2.30. The van der Waals surface area contributed by atoms with Crippen molar-refractivity contribution in [1.29, 1.82) is 0 Å². The van der Waals surface area contributed by atoms with Crippen LogP contribution in [0.3, 0.4) is 0 Å². The smallest absolute Gasteiger partial charge is 0.335 e. The number of rotatable bonds is 9. The van der Waals surface area contributed by atoms with Crippen LogP contribution >= 0.6 is 0 Å². The molecule has 0 radical (unpaired) electrons. The number of para-hydroxylation sites is 1. The highest BCUT2D eigenvalue weighted by Crippen LogP contribution is 2.20. The second-order valence-corrected chi connectivity index (χ2v) is 8.12. The molecule has 10 nitrogen and oxygen atoms in total. The molecule has 2 heterocycles. The van der Waals surface area contributed by atoms with E-state index in [1.807, 2.05) is 23.1 Å². The summed E-state index contributed by atoms with van der Waals surface area (Å²) in [7, 11) is 0. The molecule has 1 aromatic heterocycles. The topological polar surface area (TPSA) is 148 Å². The van der Waals surface area contributed by atoms with E-state index in [1.165, 1.54) is 17.7 Å². The Hall–Kier alpha value is -2.79. The van der Waals surface area contributed by atoms with Crippen LogP contribution in [0, 0.1) is 5.92 Å². The van der Waals surface area contributed by atoms with Crippen molar-refractivity contribution in [2.24, 2.45) is 5.92 Å². The van der Waals surface area contributed by atoms with E-state index in [0.717, 1.165) is 26.2 Å². The summed E-state index contributed by atoms with van der Waals surface area (Å²) in [5, 5.41) is 40.4. The summed E-state index contributed by atoms with van der Waals surface area (Å²) in [6.07, 6.45) is 0.568. The minimum atomic E-state index is -2.27. The predicted molar refractivity (Wildman–Crippen MR) is 117 cm³/mol. The summed E-state index contributed by atoms with van der Waals surface area (Å²) in [6, 6.07) is 11.2. The van der Waals surface area contributed by atoms with Crippen LogP contribution in [-0.2, 0) is 16.1 Å². The molecule has 32 heavy (non-hydrogen) atoms. The first kappa shape index (κ1) is 25.5. The van der Waals surface area contributed by atoms with E-state index in [9.17, 15) is 9.59 Å². The van der Waals surface area contributed by atoms with Crippen LogP contribution in [-0.4, -0.2) is 84.9 Å². The van der Waals surface area contributed by atoms with Gasteiger partial charge in [0.25, 0.3) is 0 Å². The van der Waals surface area contributed by atoms with Gasteiger partial charge < -0.3 is 25.7 Å². The number of carbonyl (C=O) groups is 2. The summed E-state index contributed by atoms with van der Waals surface area (Å²) >= 11 is 0. The van der Waals surface area contributed by atoms with Crippen LogP contribution in [0.5, 0.6) is 0 Å². The predicted octanol–water partition coefficient (Wildman–Crippen LogP) is 0.570. The second kappa shape index (κ2) is 12.3. The molecule has 2 aromatic rings. The van der Waals surface area contributed by atoms with E-state index in [2.05, 4.69) is 53.4 Å². The third-order valence-corrected chi connectivity index (χ3v) is 5.07. The van der Waals surface area contributed by atoms with Crippen molar-refractivity contribution in [3.63, 3.8) is 0 Å². The van der Waals surface area contributed by atoms with Gasteiger partial charge in [0.1, 0.15) is 0 Å². The van der Waals surface area contributed by atoms with E-state index in [0.29, 0.717) is 12.0 Å². The van der Waals surface area contributed by atoms with Gasteiger partial charge in [-0.1, -0.05) is 32.0 Å². The number of benzene rings is 1. The average Bonchev–Trinajstić information content (AvgIpc) is 3.47. The van der Waals surface area contributed by atoms with Crippen molar-refractivity contribution in [1.82, 2.24) is 20.0 Å². The van der Waals surface area contributed by atoms with Gasteiger partial charge in [-0.25, -0.2) is 14.3 Å². The fourth-order valence-corrected chi connectivity index (χ4v) is 3.53. The van der Waals surface area contributed by atoms with Crippen LogP contribution in [0.4, 0.5) is 0 Å². The Labute approximate surface area is 187 Å². The molecule has 0 bridgehead atoms. The van der Waals surface area contributed by atoms with Gasteiger partial charge in [0.15, 0.2) is 12.2 Å². The molecule has 176 valence electrons. The average molecular weight is 449 g/mol. The number of aliphatic hydroxyl groups excluding tert-OH is 2. The van der Waals surface area contributed by atoms with Crippen molar-refractivity contribution in [3.8, 4) is 5.69 Å². The van der Waals surface area contributed by atoms with Gasteiger partial charge in [-0.05, 0) is 36.6 Å². The Kier molecular flexibility index (Phi) is 9.79. The molecule has 1 aliphatic heterocycles. The van der Waals surface area contributed by atoms with Gasteiger partial charge in [-0.3, -0.25) is 4.90 Å². The fraction of sp³-hybridized carbons (Fsp3) is 0.500. The van der Waals surface area contributed by atoms with Crippen LogP contribution in [0.1, 0.15) is 25.8 Å². The van der Waals surface area contributed by atoms with Crippen LogP contribution in [0.15, 0.2) is 42.7 Å². The largest absolute Gasteiger partial charge is 0.479 e. The van der Waals surface area contributed by atoms with Gasteiger partial charge >= 0.3 is 11.9 Å². The number of carboxylic acids is 2. The Morgan fingerprint density at radius 3 is 2.31 bits per heavy atom. The normalized spacial score (nSPS) is 17.6. The molecule has 0 unspecified atom stereocenters. The summed E-state index contributed by atoms with van der Waals surface area (Å²) in [4.78, 5) is 22.2. The van der Waals surface area contributed by atoms with Gasteiger partial charge in [-0.2, -0.15) is 5.10 Å². The lowest BCUT2D eigenvalue weighted by Crippen LogP contribution is -2.39. The van der Waals surface area contributed by atoms with Crippen molar-refractivity contribution < 1.29 is 30.0 Å². The zero-order valence-corrected chi connectivity index (χ0v) is 18.3. The molecule has 1 aromatic carbocycles. The fourth-order valence-electron chi connectivity index (χ4n) is 3.53. The minimum Gasteiger partial charge on any atom is -0.479 e. The third-order valence-electron chi connectivity index (χ3n) is 5.07. The zero-order valence-electron chi connectivity index (χ0n) is 18.3. The third kappa shape index (κ3) is 7.41. The Bertz CT molecular complexity index is 834. The van der Waals surface area contributed by atoms with E-state index in [1.54, 1.807) is 0 Å². The first-order valence-corrected chi connectivity index (χ1v) is 10.5. The van der Waals surface area contributed by atoms with Crippen LogP contribution < -0.4 is 5.32 Å². The molecule has 0 saturated carbocycles. The van der Waals surface area contributed by atoms with Crippen LogP contribution in [0.25, 0.3) is 5.69 Å². The summed E-state index contributed by atoms with van der Waals surface area (Å²) in [6.45, 7) is 8.97. The standard InChI is InChI=1S/C18H26N4.C4H6O6/c1-15(2)13-21(17-8-10-19-12-17)14-16-6-3-4-7-18(16)22-11-5-9-20-22;5-1(3(7)8)2(6)4(9)10/h3-7,9,11,15,17,19H,8,10,12-14H2,1-2H3;1-2,5-6H,(H,7,8)(H,9,10)/t17-;1-,2-/m01/s1. The number of nitrogens with zero attached hydrogens (tertiary/aromatic N) is 3. The Morgan fingerprint density at radius 1 is 1.16 bits per heavy atom. The van der Waals surface area contributed by atoms with Crippen molar-refractivity contribution in [2.75, 3.05) is 19.6 Å². The molecule has 3 atom stereocenters. The molecule has 0 spiro atoms. The highest BCUT2D eigenvalue weighted by Gasteiger charge is 2.29. The molecule has 1 aliphatic rings. The first-order valence-electron chi connectivity index (χ1n) is 10.5. The lowest BCUT2D eigenvalue weighted by molar-refractivity contribution is -0.165. The number of carboxylic acid groups (broad SMARTS) is 2. The monoisotopic (exact) mass is 448 g/mol. The molecule has 0 amide bonds. The molecule has 5 N–H and O–H groups in total. The van der Waals surface area contributed by atoms with Crippen LogP contribution in [0.2, 0.25) is 0 Å². The van der Waals surface area contributed by atoms with Crippen molar-refractivity contribution in [2.45, 2.75) is 45.1 Å². The Balaban J connectivity index is 0.000000309. The summed E-state index contributed by atoms with van der Waals surface area (Å²) in [5.74, 6) is -2.86. The van der Waals surface area contributed by atoms with Crippen molar-refractivity contribution >= 4 is 11.9 Å². The highest BCUT2D eigenvalue weighted by molar-refractivity contribution is 5.83. The summed E-state index contributed by atoms with van der Waals surface area (Å²) < 4.78 is 1.97. The van der Waals surface area contributed by atoms with Gasteiger partial charge in [-0.15, -0.1) is 0 Å². The highest BCUT2D eigenvalue weighted by atomic mass is 16.4. The van der Waals surface area contributed by atoms with E-state index < -0.39 is 24.1 Å². The second-order valence-electron chi connectivity index (χ2n) is 8.12. The van der Waals surface area contributed by atoms with Crippen molar-refractivity contribution in [3.05, 3.63) is 48.3 Å². The molecule has 1 saturated heterocycles. The first-order chi connectivity index (χ1) is 15.2.